The number of hydrogen-bond donors (Lipinski definition) is 0. The first-order chi connectivity index (χ1) is 24.8. The van der Waals surface area contributed by atoms with Crippen molar-refractivity contribution in [1.82, 2.24) is 0 Å². The summed E-state index contributed by atoms with van der Waals surface area (Å²) in [4.78, 5) is 0. The monoisotopic (exact) mass is 663 g/mol. The minimum Gasteiger partial charge on any atom is -0.416 e. The van der Waals surface area contributed by atoms with E-state index in [1.807, 2.05) is 0 Å². The van der Waals surface area contributed by atoms with Crippen molar-refractivity contribution in [2.45, 2.75) is 38.9 Å². The maximum Gasteiger partial charge on any atom is 0.494 e. The Morgan fingerprint density at radius 2 is 0.647 bits per heavy atom. The summed E-state index contributed by atoms with van der Waals surface area (Å²) in [6, 6.07) is 63.2. The Kier molecular flexibility index (Phi) is 8.79. The standard InChI is InChI=1S/C42H41B4N3O2/c1-41(2)42(3,4)51-46(50-41)37-27-20-32-40(33-37)49-44(35-23-12-6-13-24-35)47(38-28-16-8-17-29-38)43(34-21-10-5-11-22-34)48(39-30-18-9-19-31-39)45(49)36-25-14-7-15-26-36/h5-33H,1-4H3. The predicted molar refractivity (Wildman–Crippen MR) is 218 cm³/mol. The molecular weight excluding hydrogens is 622 g/mol. The molecule has 0 aliphatic carbocycles. The molecule has 2 fully saturated rings. The first-order valence-corrected chi connectivity index (χ1v) is 17.9. The third-order valence-electron chi connectivity index (χ3n) is 10.7. The van der Waals surface area contributed by atoms with Gasteiger partial charge < -0.3 is 23.5 Å². The summed E-state index contributed by atoms with van der Waals surface area (Å²) in [5.41, 5.74) is 7.00. The van der Waals surface area contributed by atoms with Crippen LogP contribution in [0, 0.1) is 0 Å². The average Bonchev–Trinajstić information content (AvgIpc) is 3.41. The zero-order valence-corrected chi connectivity index (χ0v) is 29.7. The van der Waals surface area contributed by atoms with Crippen LogP contribution in [0.25, 0.3) is 0 Å². The molecule has 6 aromatic carbocycles. The summed E-state index contributed by atoms with van der Waals surface area (Å²) >= 11 is 0. The van der Waals surface area contributed by atoms with Crippen LogP contribution in [0.2, 0.25) is 0 Å². The molecule has 0 radical (unpaired) electrons. The fraction of sp³-hybridized carbons (Fsp3) is 0.143. The molecule has 51 heavy (non-hydrogen) atoms. The zero-order valence-electron chi connectivity index (χ0n) is 29.7. The van der Waals surface area contributed by atoms with Gasteiger partial charge in [0.2, 0.25) is 0 Å². The molecule has 0 spiro atoms. The highest BCUT2D eigenvalue weighted by atomic mass is 16.7. The van der Waals surface area contributed by atoms with E-state index in [0.717, 1.165) is 22.5 Å². The number of anilines is 3. The van der Waals surface area contributed by atoms with Gasteiger partial charge in [-0.3, -0.25) is 0 Å². The first-order valence-electron chi connectivity index (χ1n) is 17.9. The smallest absolute Gasteiger partial charge is 0.416 e. The van der Waals surface area contributed by atoms with Gasteiger partial charge in [0.05, 0.1) is 11.2 Å². The van der Waals surface area contributed by atoms with E-state index in [1.165, 1.54) is 16.4 Å². The van der Waals surface area contributed by atoms with E-state index in [2.05, 4.69) is 218 Å². The molecule has 248 valence electrons. The van der Waals surface area contributed by atoms with Crippen LogP contribution in [0.5, 0.6) is 0 Å². The largest absolute Gasteiger partial charge is 0.494 e. The number of benzene rings is 6. The number of rotatable bonds is 7. The molecule has 0 amide bonds. The summed E-state index contributed by atoms with van der Waals surface area (Å²) in [5, 5.41) is 0. The van der Waals surface area contributed by atoms with Crippen molar-refractivity contribution in [3.63, 3.8) is 0 Å². The molecule has 0 aromatic heterocycles. The van der Waals surface area contributed by atoms with Crippen molar-refractivity contribution in [3.05, 3.63) is 176 Å². The van der Waals surface area contributed by atoms with Gasteiger partial charge in [-0.25, -0.2) is 0 Å². The molecule has 0 unspecified atom stereocenters. The topological polar surface area (TPSA) is 28.2 Å². The van der Waals surface area contributed by atoms with Crippen molar-refractivity contribution in [2.75, 3.05) is 14.2 Å². The summed E-state index contributed by atoms with van der Waals surface area (Å²) in [6.45, 7) is 7.84. The molecule has 0 N–H and O–H groups in total. The summed E-state index contributed by atoms with van der Waals surface area (Å²) in [7, 11) is -0.488. The lowest BCUT2D eigenvalue weighted by Crippen LogP contribution is -2.86. The van der Waals surface area contributed by atoms with Gasteiger partial charge in [0, 0.05) is 17.1 Å². The molecule has 0 atom stereocenters. The summed E-state index contributed by atoms with van der Waals surface area (Å²) in [5.74, 6) is 0. The average molecular weight is 663 g/mol. The number of para-hydroxylation sites is 2. The Morgan fingerprint density at radius 3 is 1.02 bits per heavy atom. The minimum atomic E-state index is -0.488. The van der Waals surface area contributed by atoms with Crippen LogP contribution in [-0.2, 0) is 9.31 Å². The van der Waals surface area contributed by atoms with Gasteiger partial charge in [-0.2, -0.15) is 0 Å². The second-order valence-corrected chi connectivity index (χ2v) is 14.4. The lowest BCUT2D eigenvalue weighted by Gasteiger charge is -2.57. The summed E-state index contributed by atoms with van der Waals surface area (Å²) < 4.78 is 21.0. The zero-order chi connectivity index (χ0) is 35.0. The molecular formula is C42H41B4N3O2. The van der Waals surface area contributed by atoms with Crippen LogP contribution in [0.3, 0.4) is 0 Å². The first kappa shape index (κ1) is 33.1. The molecule has 9 heteroatoms. The van der Waals surface area contributed by atoms with E-state index in [1.54, 1.807) is 0 Å². The van der Waals surface area contributed by atoms with Gasteiger partial charge in [0.25, 0.3) is 0 Å². The molecule has 8 rings (SSSR count). The Labute approximate surface area is 304 Å². The summed E-state index contributed by atoms with van der Waals surface area (Å²) in [6.07, 6.45) is 0. The van der Waals surface area contributed by atoms with E-state index < -0.39 is 18.3 Å². The third kappa shape index (κ3) is 6.15. The molecule has 2 saturated heterocycles. The molecule has 0 saturated carbocycles. The molecule has 6 aromatic rings. The second-order valence-electron chi connectivity index (χ2n) is 14.4. The highest BCUT2D eigenvalue weighted by molar-refractivity contribution is 7.14. The van der Waals surface area contributed by atoms with Crippen LogP contribution in [-0.4, -0.2) is 39.3 Å². The highest BCUT2D eigenvalue weighted by Crippen LogP contribution is 2.38. The van der Waals surface area contributed by atoms with E-state index in [0.29, 0.717) is 0 Å². The van der Waals surface area contributed by atoms with Gasteiger partial charge in [0.1, 0.15) is 0 Å². The minimum absolute atomic E-state index is 0.172. The SMILES string of the molecule is CC1(C)OB(c2cccc(N3B(c4ccccc4)N(c4ccccc4)B(c4ccccc4)N(c4ccccc4)B3c3ccccc3)c2)OC1(C)C. The number of hydrogen-bond acceptors (Lipinski definition) is 5. The molecule has 5 nitrogen and oxygen atoms in total. The van der Waals surface area contributed by atoms with Crippen molar-refractivity contribution in [2.24, 2.45) is 0 Å². The Morgan fingerprint density at radius 1 is 0.353 bits per heavy atom. The van der Waals surface area contributed by atoms with E-state index in [4.69, 9.17) is 9.31 Å². The highest BCUT2D eigenvalue weighted by Gasteiger charge is 2.56. The maximum absolute atomic E-state index is 6.61. The van der Waals surface area contributed by atoms with Crippen molar-refractivity contribution in [1.29, 1.82) is 0 Å². The van der Waals surface area contributed by atoms with Gasteiger partial charge in [-0.1, -0.05) is 140 Å². The maximum atomic E-state index is 6.61. The molecule has 2 aliphatic heterocycles. The molecule has 0 bridgehead atoms. The van der Waals surface area contributed by atoms with Crippen molar-refractivity contribution < 1.29 is 9.31 Å². The third-order valence-corrected chi connectivity index (χ3v) is 10.7. The lowest BCUT2D eigenvalue weighted by atomic mass is 9.37. The predicted octanol–water partition coefficient (Wildman–Crippen LogP) is 6.01. The van der Waals surface area contributed by atoms with Gasteiger partial charge in [-0.05, 0) is 85.9 Å². The van der Waals surface area contributed by atoms with Crippen LogP contribution in [0.1, 0.15) is 27.7 Å². The fourth-order valence-electron chi connectivity index (χ4n) is 7.50. The van der Waals surface area contributed by atoms with Crippen LogP contribution in [0.4, 0.5) is 17.1 Å². The lowest BCUT2D eigenvalue weighted by molar-refractivity contribution is 0.00578. The van der Waals surface area contributed by atoms with E-state index in [9.17, 15) is 0 Å². The van der Waals surface area contributed by atoms with E-state index >= 15 is 0 Å². The Balaban J connectivity index is 1.43. The second kappa shape index (κ2) is 13.6. The van der Waals surface area contributed by atoms with Gasteiger partial charge in [0.15, 0.2) is 0 Å². The Hall–Kier alpha value is -5.10. The molecule has 2 aliphatic rings. The quantitative estimate of drug-likeness (QED) is 0.196. The van der Waals surface area contributed by atoms with Crippen LogP contribution < -0.4 is 36.0 Å². The fourth-order valence-corrected chi connectivity index (χ4v) is 7.50. The normalized spacial score (nSPS) is 16.9. The van der Waals surface area contributed by atoms with E-state index in [-0.39, 0.29) is 20.9 Å². The Bertz CT molecular complexity index is 1950. The van der Waals surface area contributed by atoms with Crippen molar-refractivity contribution in [3.8, 4) is 0 Å². The van der Waals surface area contributed by atoms with Crippen molar-refractivity contribution >= 4 is 67.0 Å². The van der Waals surface area contributed by atoms with Crippen LogP contribution >= 0.6 is 0 Å². The van der Waals surface area contributed by atoms with Crippen LogP contribution in [0.15, 0.2) is 176 Å². The number of nitrogens with zero attached hydrogens (tertiary/aromatic N) is 3. The van der Waals surface area contributed by atoms with Gasteiger partial charge in [-0.15, -0.1) is 0 Å². The molecule has 2 heterocycles. The van der Waals surface area contributed by atoms with Gasteiger partial charge >= 0.3 is 28.1 Å².